The average Bonchev–Trinajstić information content (AvgIpc) is 3.11. The molecule has 2 aromatic carbocycles. The van der Waals surface area contributed by atoms with Crippen LogP contribution in [0.5, 0.6) is 0 Å². The fraction of sp³-hybridized carbons (Fsp3) is 0.286. The summed E-state index contributed by atoms with van der Waals surface area (Å²) in [5.41, 5.74) is 6.30. The maximum absolute atomic E-state index is 13.3. The van der Waals surface area contributed by atoms with Gasteiger partial charge in [0.05, 0.1) is 0 Å². The third-order valence-electron chi connectivity index (χ3n) is 5.42. The molecular formula is C21H20Br2N4O2. The van der Waals surface area contributed by atoms with E-state index in [4.69, 9.17) is 0 Å². The molecule has 4 rings (SSSR count). The van der Waals surface area contributed by atoms with E-state index in [1.54, 1.807) is 24.3 Å². The van der Waals surface area contributed by atoms with E-state index in [9.17, 15) is 9.59 Å². The molecule has 1 heterocycles. The number of hydrazine groups is 1. The summed E-state index contributed by atoms with van der Waals surface area (Å²) in [5, 5.41) is 5.95. The normalized spacial score (nSPS) is 23.0. The molecular weight excluding hydrogens is 500 g/mol. The van der Waals surface area contributed by atoms with Crippen LogP contribution in [0.25, 0.3) is 0 Å². The number of nitrogens with zero attached hydrogens (tertiary/aromatic N) is 2. The molecule has 0 radical (unpaired) electrons. The Labute approximate surface area is 186 Å². The Bertz CT molecular complexity index is 981. The fourth-order valence-corrected chi connectivity index (χ4v) is 4.74. The van der Waals surface area contributed by atoms with Crippen LogP contribution in [0.15, 0.2) is 62.6 Å². The van der Waals surface area contributed by atoms with E-state index in [1.165, 1.54) is 5.01 Å². The first-order valence-corrected chi connectivity index (χ1v) is 11.1. The van der Waals surface area contributed by atoms with E-state index >= 15 is 0 Å². The van der Waals surface area contributed by atoms with Crippen molar-refractivity contribution < 1.29 is 9.59 Å². The number of hydrogen-bond donors (Lipinski definition) is 2. The quantitative estimate of drug-likeness (QED) is 0.585. The van der Waals surface area contributed by atoms with Crippen LogP contribution < -0.4 is 10.9 Å². The standard InChI is InChI=1S/C21H20Br2N4O2/c22-17-8-3-5-14(11-17)19(28)25-26-21-10-2-1-7-16(21)13-24-27(21)20(29)15-6-4-9-18(23)12-15/h3-6,8-9,11-13,16,26H,1-2,7,10H2,(H,25,28). The molecule has 2 unspecified atom stereocenters. The Morgan fingerprint density at radius 2 is 1.72 bits per heavy atom. The lowest BCUT2D eigenvalue weighted by molar-refractivity contribution is 0.00851. The van der Waals surface area contributed by atoms with Crippen molar-refractivity contribution in [3.05, 3.63) is 68.6 Å². The van der Waals surface area contributed by atoms with Gasteiger partial charge in [-0.25, -0.2) is 10.4 Å². The first-order chi connectivity index (χ1) is 14.0. The van der Waals surface area contributed by atoms with Gasteiger partial charge in [0.1, 0.15) is 5.66 Å². The highest BCUT2D eigenvalue weighted by Crippen LogP contribution is 2.40. The van der Waals surface area contributed by atoms with E-state index in [0.29, 0.717) is 17.5 Å². The molecule has 29 heavy (non-hydrogen) atoms. The highest BCUT2D eigenvalue weighted by atomic mass is 79.9. The van der Waals surface area contributed by atoms with E-state index in [1.807, 2.05) is 30.5 Å². The van der Waals surface area contributed by atoms with Crippen LogP contribution in [-0.4, -0.2) is 28.7 Å². The van der Waals surface area contributed by atoms with E-state index in [0.717, 1.165) is 28.2 Å². The van der Waals surface area contributed by atoms with Crippen LogP contribution in [0.3, 0.4) is 0 Å². The summed E-state index contributed by atoms with van der Waals surface area (Å²) in [7, 11) is 0. The number of amides is 2. The van der Waals surface area contributed by atoms with Crippen molar-refractivity contribution in [3.63, 3.8) is 0 Å². The van der Waals surface area contributed by atoms with Crippen molar-refractivity contribution in [3.8, 4) is 0 Å². The Morgan fingerprint density at radius 1 is 1.03 bits per heavy atom. The van der Waals surface area contributed by atoms with Crippen LogP contribution in [0.2, 0.25) is 0 Å². The molecule has 0 aromatic heterocycles. The van der Waals surface area contributed by atoms with E-state index in [-0.39, 0.29) is 17.7 Å². The van der Waals surface area contributed by atoms with Gasteiger partial charge in [-0.05, 0) is 55.7 Å². The minimum absolute atomic E-state index is 0.0372. The van der Waals surface area contributed by atoms with E-state index < -0.39 is 5.66 Å². The molecule has 0 saturated heterocycles. The van der Waals surface area contributed by atoms with Crippen LogP contribution in [-0.2, 0) is 0 Å². The molecule has 2 atom stereocenters. The van der Waals surface area contributed by atoms with Crippen molar-refractivity contribution in [2.45, 2.75) is 31.3 Å². The fourth-order valence-electron chi connectivity index (χ4n) is 3.95. The van der Waals surface area contributed by atoms with Gasteiger partial charge >= 0.3 is 0 Å². The number of carbonyl (C=O) groups excluding carboxylic acids is 2. The van der Waals surface area contributed by atoms with Gasteiger partial charge in [0.15, 0.2) is 0 Å². The highest BCUT2D eigenvalue weighted by molar-refractivity contribution is 9.10. The lowest BCUT2D eigenvalue weighted by Gasteiger charge is -2.43. The summed E-state index contributed by atoms with van der Waals surface area (Å²) in [6.45, 7) is 0. The molecule has 6 nitrogen and oxygen atoms in total. The summed E-state index contributed by atoms with van der Waals surface area (Å²) >= 11 is 6.80. The second-order valence-electron chi connectivity index (χ2n) is 7.26. The highest BCUT2D eigenvalue weighted by Gasteiger charge is 2.51. The number of hydrazone groups is 1. The number of hydrogen-bond acceptors (Lipinski definition) is 4. The smallest absolute Gasteiger partial charge is 0.275 e. The van der Waals surface area contributed by atoms with Gasteiger partial charge in [-0.1, -0.05) is 50.4 Å². The maximum atomic E-state index is 13.3. The van der Waals surface area contributed by atoms with Gasteiger partial charge < -0.3 is 0 Å². The maximum Gasteiger partial charge on any atom is 0.275 e. The molecule has 1 aliphatic carbocycles. The monoisotopic (exact) mass is 518 g/mol. The minimum Gasteiger partial charge on any atom is -0.285 e. The molecule has 2 aromatic rings. The van der Waals surface area contributed by atoms with Crippen LogP contribution >= 0.6 is 31.9 Å². The minimum atomic E-state index is -0.765. The third kappa shape index (κ3) is 4.01. The largest absolute Gasteiger partial charge is 0.285 e. The Morgan fingerprint density at radius 3 is 2.45 bits per heavy atom. The van der Waals surface area contributed by atoms with Gasteiger partial charge in [-0.3, -0.25) is 15.0 Å². The average molecular weight is 520 g/mol. The van der Waals surface area contributed by atoms with Gasteiger partial charge in [0.2, 0.25) is 0 Å². The van der Waals surface area contributed by atoms with E-state index in [2.05, 4.69) is 47.8 Å². The van der Waals surface area contributed by atoms with Gasteiger partial charge in [-0.2, -0.15) is 5.10 Å². The summed E-state index contributed by atoms with van der Waals surface area (Å²) in [4.78, 5) is 25.9. The van der Waals surface area contributed by atoms with Crippen LogP contribution in [0, 0.1) is 5.92 Å². The molecule has 2 N–H and O–H groups in total. The molecule has 0 bridgehead atoms. The zero-order valence-electron chi connectivity index (χ0n) is 15.6. The topological polar surface area (TPSA) is 73.8 Å². The van der Waals surface area contributed by atoms with Gasteiger partial charge in [0, 0.05) is 32.2 Å². The predicted octanol–water partition coefficient (Wildman–Crippen LogP) is 4.47. The van der Waals surface area contributed by atoms with Crippen molar-refractivity contribution in [2.75, 3.05) is 0 Å². The Kier molecular flexibility index (Phi) is 5.85. The second-order valence-corrected chi connectivity index (χ2v) is 9.09. The Hall–Kier alpha value is -2.03. The zero-order chi connectivity index (χ0) is 20.4. The number of benzene rings is 2. The molecule has 2 amide bonds. The number of fused-ring (bicyclic) bond motifs is 1. The van der Waals surface area contributed by atoms with Gasteiger partial charge in [0.25, 0.3) is 11.8 Å². The molecule has 1 fully saturated rings. The number of carbonyl (C=O) groups is 2. The molecule has 1 saturated carbocycles. The molecule has 0 spiro atoms. The lowest BCUT2D eigenvalue weighted by Crippen LogP contribution is -2.66. The summed E-state index contributed by atoms with van der Waals surface area (Å²) < 4.78 is 1.66. The first-order valence-electron chi connectivity index (χ1n) is 9.47. The van der Waals surface area contributed by atoms with Crippen molar-refractivity contribution in [2.24, 2.45) is 11.0 Å². The Balaban J connectivity index is 1.58. The molecule has 1 aliphatic heterocycles. The van der Waals surface area contributed by atoms with Crippen molar-refractivity contribution in [1.29, 1.82) is 0 Å². The summed E-state index contributed by atoms with van der Waals surface area (Å²) in [6, 6.07) is 14.4. The predicted molar refractivity (Wildman–Crippen MR) is 118 cm³/mol. The zero-order valence-corrected chi connectivity index (χ0v) is 18.7. The number of halogens is 2. The summed E-state index contributed by atoms with van der Waals surface area (Å²) in [5.74, 6) is -0.418. The molecule has 8 heteroatoms. The van der Waals surface area contributed by atoms with Crippen LogP contribution in [0.4, 0.5) is 0 Å². The first kappa shape index (κ1) is 20.3. The molecule has 150 valence electrons. The SMILES string of the molecule is O=C(NNC12CCCCC1C=NN2C(=O)c1cccc(Br)c1)c1cccc(Br)c1. The van der Waals surface area contributed by atoms with Crippen molar-refractivity contribution >= 4 is 49.9 Å². The number of nitrogens with one attached hydrogen (secondary N) is 2. The second kappa shape index (κ2) is 8.38. The number of rotatable bonds is 4. The van der Waals surface area contributed by atoms with Crippen molar-refractivity contribution in [1.82, 2.24) is 15.9 Å². The third-order valence-corrected chi connectivity index (χ3v) is 6.41. The van der Waals surface area contributed by atoms with Crippen LogP contribution in [0.1, 0.15) is 46.4 Å². The summed E-state index contributed by atoms with van der Waals surface area (Å²) in [6.07, 6.45) is 5.45. The van der Waals surface area contributed by atoms with Gasteiger partial charge in [-0.15, -0.1) is 0 Å². The lowest BCUT2D eigenvalue weighted by atomic mass is 9.80. The molecule has 2 aliphatic rings.